The molecule has 0 unspecified atom stereocenters. The summed E-state index contributed by atoms with van der Waals surface area (Å²) in [7, 11) is 0. The van der Waals surface area contributed by atoms with E-state index < -0.39 is 17.7 Å². The first-order chi connectivity index (χ1) is 9.69. The van der Waals surface area contributed by atoms with Gasteiger partial charge in [-0.15, -0.1) is 0 Å². The van der Waals surface area contributed by atoms with Gasteiger partial charge in [0.15, 0.2) is 0 Å². The quantitative estimate of drug-likeness (QED) is 0.806. The van der Waals surface area contributed by atoms with Gasteiger partial charge in [-0.2, -0.15) is 0 Å². The molecule has 0 aliphatic rings. The minimum atomic E-state index is -1.19. The summed E-state index contributed by atoms with van der Waals surface area (Å²) in [6.07, 6.45) is 3.27. The lowest BCUT2D eigenvalue weighted by Gasteiger charge is -2.10. The van der Waals surface area contributed by atoms with Gasteiger partial charge in [-0.1, -0.05) is 12.2 Å². The van der Waals surface area contributed by atoms with E-state index in [4.69, 9.17) is 10.2 Å². The highest BCUT2D eigenvalue weighted by atomic mass is 16.4. The largest absolute Gasteiger partial charge is 0.478 e. The molecule has 0 aliphatic carbocycles. The van der Waals surface area contributed by atoms with E-state index in [0.717, 1.165) is 4.57 Å². The van der Waals surface area contributed by atoms with E-state index >= 15 is 0 Å². The molecule has 1 aromatic heterocycles. The topological polar surface area (TPSA) is 99.8 Å². The van der Waals surface area contributed by atoms with E-state index in [1.807, 2.05) is 0 Å². The maximum Gasteiger partial charge on any atom is 0.415 e. The Morgan fingerprint density at radius 1 is 1.24 bits per heavy atom. The van der Waals surface area contributed by atoms with Gasteiger partial charge in [-0.05, 0) is 37.6 Å². The van der Waals surface area contributed by atoms with E-state index in [1.165, 1.54) is 24.4 Å². The van der Waals surface area contributed by atoms with Crippen LogP contribution in [0.1, 0.15) is 29.8 Å². The van der Waals surface area contributed by atoms with Gasteiger partial charge in [0.1, 0.15) is 0 Å². The predicted octanol–water partition coefficient (Wildman–Crippen LogP) is 2.65. The number of nitrogens with zero attached hydrogens (tertiary/aromatic N) is 1. The van der Waals surface area contributed by atoms with Gasteiger partial charge in [-0.3, -0.25) is 4.57 Å². The zero-order valence-electron chi connectivity index (χ0n) is 11.6. The maximum absolute atomic E-state index is 11.2. The average Bonchev–Trinajstić information content (AvgIpc) is 2.78. The highest BCUT2D eigenvalue weighted by Crippen LogP contribution is 2.25. The molecule has 0 aliphatic heterocycles. The van der Waals surface area contributed by atoms with Crippen LogP contribution in [0.5, 0.6) is 0 Å². The maximum atomic E-state index is 11.2. The zero-order valence-corrected chi connectivity index (χ0v) is 11.6. The van der Waals surface area contributed by atoms with Crippen molar-refractivity contribution in [1.29, 1.82) is 0 Å². The number of fused-ring (bicyclic) bond motifs is 1. The first kappa shape index (κ1) is 14.8. The van der Waals surface area contributed by atoms with Crippen LogP contribution in [0, 0.1) is 0 Å². The molecule has 6 nitrogen and oxygen atoms in total. The average molecular weight is 289 g/mol. The molecule has 0 atom stereocenters. The first-order valence-corrected chi connectivity index (χ1v) is 6.22. The molecule has 0 spiro atoms. The lowest BCUT2D eigenvalue weighted by atomic mass is 10.0. The summed E-state index contributed by atoms with van der Waals surface area (Å²) in [5.41, 5.74) is -0.245. The molecule has 2 rings (SSSR count). The fraction of sp³-hybridized carbons (Fsp3) is 0.200. The Bertz CT molecular complexity index is 749. The van der Waals surface area contributed by atoms with Crippen molar-refractivity contribution in [2.24, 2.45) is 0 Å². The highest BCUT2D eigenvalue weighted by molar-refractivity contribution is 6.00. The summed E-state index contributed by atoms with van der Waals surface area (Å²) < 4.78 is 0.962. The highest BCUT2D eigenvalue weighted by Gasteiger charge is 2.14. The second-order valence-electron chi connectivity index (χ2n) is 5.26. The molecule has 0 saturated carbocycles. The number of carboxylic acids is 1. The van der Waals surface area contributed by atoms with Gasteiger partial charge in [0.05, 0.1) is 16.7 Å². The number of carbonyl (C=O) groups is 2. The molecule has 110 valence electrons. The standard InChI is InChI=1S/C15H15NO5/c1-15(2,21)5-3-9-7-10(13(17)18)8-12-11(9)4-6-16(12)14(19)20/h3-8,21H,1-2H3,(H,17,18)(H,19,20). The van der Waals surface area contributed by atoms with Crippen LogP contribution in [-0.2, 0) is 0 Å². The fourth-order valence-electron chi connectivity index (χ4n) is 1.99. The molecule has 1 heterocycles. The molecular formula is C15H15NO5. The molecule has 0 fully saturated rings. The number of carboxylic acid groups (broad SMARTS) is 2. The Labute approximate surface area is 120 Å². The normalized spacial score (nSPS) is 12.1. The van der Waals surface area contributed by atoms with Crippen molar-refractivity contribution in [2.75, 3.05) is 0 Å². The van der Waals surface area contributed by atoms with E-state index in [-0.39, 0.29) is 11.1 Å². The smallest absolute Gasteiger partial charge is 0.415 e. The van der Waals surface area contributed by atoms with Crippen molar-refractivity contribution < 1.29 is 24.9 Å². The monoisotopic (exact) mass is 289 g/mol. The summed E-state index contributed by atoms with van der Waals surface area (Å²) in [5, 5.41) is 28.6. The summed E-state index contributed by atoms with van der Waals surface area (Å²) in [5.74, 6) is -1.15. The molecule has 21 heavy (non-hydrogen) atoms. The van der Waals surface area contributed by atoms with E-state index in [1.54, 1.807) is 26.0 Å². The second kappa shape index (κ2) is 5.06. The molecule has 2 aromatic rings. The van der Waals surface area contributed by atoms with Crippen molar-refractivity contribution in [3.63, 3.8) is 0 Å². The van der Waals surface area contributed by atoms with Crippen molar-refractivity contribution in [2.45, 2.75) is 19.4 Å². The summed E-state index contributed by atoms with van der Waals surface area (Å²) in [4.78, 5) is 22.3. The predicted molar refractivity (Wildman–Crippen MR) is 77.7 cm³/mol. The number of hydrogen-bond acceptors (Lipinski definition) is 3. The van der Waals surface area contributed by atoms with E-state index in [0.29, 0.717) is 10.9 Å². The SMILES string of the molecule is CC(C)(O)C=Cc1cc(C(=O)O)cc2c1ccn2C(=O)O. The molecule has 6 heteroatoms. The number of aromatic nitrogens is 1. The third kappa shape index (κ3) is 3.11. The van der Waals surface area contributed by atoms with Crippen molar-refractivity contribution >= 4 is 29.0 Å². The Hall–Kier alpha value is -2.60. The van der Waals surface area contributed by atoms with Gasteiger partial charge in [0.2, 0.25) is 0 Å². The Morgan fingerprint density at radius 3 is 2.43 bits per heavy atom. The number of benzene rings is 1. The van der Waals surface area contributed by atoms with Gasteiger partial charge >= 0.3 is 12.1 Å². The van der Waals surface area contributed by atoms with Crippen LogP contribution in [0.4, 0.5) is 4.79 Å². The lowest BCUT2D eigenvalue weighted by molar-refractivity contribution is 0.0696. The Balaban J connectivity index is 2.71. The third-order valence-corrected chi connectivity index (χ3v) is 2.96. The Morgan fingerprint density at radius 2 is 1.90 bits per heavy atom. The third-order valence-electron chi connectivity index (χ3n) is 2.96. The van der Waals surface area contributed by atoms with Crippen LogP contribution in [0.2, 0.25) is 0 Å². The van der Waals surface area contributed by atoms with Crippen LogP contribution in [-0.4, -0.2) is 37.6 Å². The van der Waals surface area contributed by atoms with Crippen LogP contribution >= 0.6 is 0 Å². The molecule has 0 radical (unpaired) electrons. The van der Waals surface area contributed by atoms with Crippen LogP contribution in [0.25, 0.3) is 17.0 Å². The van der Waals surface area contributed by atoms with E-state index in [2.05, 4.69) is 0 Å². The number of rotatable bonds is 3. The van der Waals surface area contributed by atoms with Gasteiger partial charge in [-0.25, -0.2) is 9.59 Å². The minimum Gasteiger partial charge on any atom is -0.478 e. The molecule has 1 aromatic carbocycles. The Kier molecular flexibility index (Phi) is 3.57. The number of aromatic carboxylic acids is 1. The number of aliphatic hydroxyl groups is 1. The van der Waals surface area contributed by atoms with Crippen molar-refractivity contribution in [3.05, 3.63) is 41.6 Å². The van der Waals surface area contributed by atoms with Crippen molar-refractivity contribution in [3.8, 4) is 0 Å². The minimum absolute atomic E-state index is 0.0147. The first-order valence-electron chi connectivity index (χ1n) is 6.22. The van der Waals surface area contributed by atoms with Crippen molar-refractivity contribution in [1.82, 2.24) is 4.57 Å². The number of hydrogen-bond donors (Lipinski definition) is 3. The van der Waals surface area contributed by atoms with E-state index in [9.17, 15) is 14.7 Å². The summed E-state index contributed by atoms with van der Waals surface area (Å²) >= 11 is 0. The molecule has 0 bridgehead atoms. The molecule has 0 amide bonds. The van der Waals surface area contributed by atoms with Gasteiger partial charge in [0, 0.05) is 11.6 Å². The summed E-state index contributed by atoms with van der Waals surface area (Å²) in [6, 6.07) is 4.35. The second-order valence-corrected chi connectivity index (χ2v) is 5.26. The fourth-order valence-corrected chi connectivity index (χ4v) is 1.99. The zero-order chi connectivity index (χ0) is 15.8. The van der Waals surface area contributed by atoms with Crippen LogP contribution in [0.15, 0.2) is 30.5 Å². The lowest BCUT2D eigenvalue weighted by Crippen LogP contribution is -2.13. The molecule has 0 saturated heterocycles. The summed E-state index contributed by atoms with van der Waals surface area (Å²) in [6.45, 7) is 3.17. The van der Waals surface area contributed by atoms with Gasteiger partial charge < -0.3 is 15.3 Å². The molecular weight excluding hydrogens is 274 g/mol. The van der Waals surface area contributed by atoms with Gasteiger partial charge in [0.25, 0.3) is 0 Å². The van der Waals surface area contributed by atoms with Crippen LogP contribution < -0.4 is 0 Å². The molecule has 3 N–H and O–H groups in total. The van der Waals surface area contributed by atoms with Crippen LogP contribution in [0.3, 0.4) is 0 Å².